The number of primary amides is 1. The minimum absolute atomic E-state index is 0.0359. The lowest BCUT2D eigenvalue weighted by molar-refractivity contribution is -0.129. The summed E-state index contributed by atoms with van der Waals surface area (Å²) in [5.74, 6) is -1.73. The van der Waals surface area contributed by atoms with Gasteiger partial charge in [-0.2, -0.15) is 0 Å². The summed E-state index contributed by atoms with van der Waals surface area (Å²) in [6.45, 7) is 7.35. The van der Waals surface area contributed by atoms with E-state index < -0.39 is 17.7 Å². The van der Waals surface area contributed by atoms with Crippen molar-refractivity contribution in [3.05, 3.63) is 36.2 Å². The number of nitrogens with one attached hydrogen (secondary N) is 3. The molecule has 0 saturated carbocycles. The van der Waals surface area contributed by atoms with Gasteiger partial charge in [0.25, 0.3) is 0 Å². The Labute approximate surface area is 254 Å². The summed E-state index contributed by atoms with van der Waals surface area (Å²) in [6, 6.07) is 9.40. The van der Waals surface area contributed by atoms with Crippen molar-refractivity contribution in [3.63, 3.8) is 0 Å². The molecule has 0 spiro atoms. The second-order valence-electron chi connectivity index (χ2n) is 10.5. The minimum Gasteiger partial charge on any atom is -0.371 e. The van der Waals surface area contributed by atoms with Gasteiger partial charge in [-0.15, -0.1) is 15.0 Å². The number of carbonyl (C=O) groups is 4. The molecule has 0 aliphatic heterocycles. The lowest BCUT2D eigenvalue weighted by atomic mass is 9.83. The Balaban J connectivity index is 1.82. The average Bonchev–Trinajstić information content (AvgIpc) is 3.49. The number of unbranched alkanes of at least 4 members (excludes halogenated alkanes) is 2. The predicted octanol–water partition coefficient (Wildman–Crippen LogP) is 2.04. The third-order valence-corrected chi connectivity index (χ3v) is 7.28. The first-order chi connectivity index (χ1) is 20.8. The predicted molar refractivity (Wildman–Crippen MR) is 161 cm³/mol. The van der Waals surface area contributed by atoms with Gasteiger partial charge < -0.3 is 26.4 Å². The number of para-hydroxylation sites is 1. The maximum Gasteiger partial charge on any atom is 0.223 e. The van der Waals surface area contributed by atoms with Crippen molar-refractivity contribution in [3.8, 4) is 5.69 Å². The van der Waals surface area contributed by atoms with E-state index in [0.29, 0.717) is 44.6 Å². The number of hydrogen-bond donors (Lipinski definition) is 4. The molecular formula is C30H48N8O5. The Kier molecular flexibility index (Phi) is 16.5. The van der Waals surface area contributed by atoms with Crippen molar-refractivity contribution in [2.45, 2.75) is 78.7 Å². The van der Waals surface area contributed by atoms with E-state index in [1.54, 1.807) is 0 Å². The molecular weight excluding hydrogens is 552 g/mol. The highest BCUT2D eigenvalue weighted by molar-refractivity contribution is 5.83. The molecule has 0 aliphatic rings. The molecule has 43 heavy (non-hydrogen) atoms. The fourth-order valence-corrected chi connectivity index (χ4v) is 4.60. The van der Waals surface area contributed by atoms with E-state index in [2.05, 4.69) is 31.4 Å². The highest BCUT2D eigenvalue weighted by Crippen LogP contribution is 2.25. The van der Waals surface area contributed by atoms with Crippen molar-refractivity contribution in [1.29, 1.82) is 0 Å². The molecule has 1 aromatic heterocycles. The van der Waals surface area contributed by atoms with E-state index in [9.17, 15) is 19.2 Å². The second-order valence-corrected chi connectivity index (χ2v) is 10.5. The lowest BCUT2D eigenvalue weighted by Crippen LogP contribution is -2.39. The minimum atomic E-state index is -0.553. The largest absolute Gasteiger partial charge is 0.371 e. The molecule has 0 radical (unpaired) electrons. The smallest absolute Gasteiger partial charge is 0.223 e. The number of amides is 4. The fraction of sp³-hybridized carbons (Fsp3) is 0.633. The maximum atomic E-state index is 13.2. The normalized spacial score (nSPS) is 13.1. The van der Waals surface area contributed by atoms with Gasteiger partial charge in [0.05, 0.1) is 12.3 Å². The number of benzene rings is 1. The Hall–Kier alpha value is -3.87. The molecule has 4 amide bonds. The molecule has 1 heterocycles. The summed E-state index contributed by atoms with van der Waals surface area (Å²) >= 11 is 0. The number of nitrogens with zero attached hydrogens (tertiary/aromatic N) is 4. The molecule has 0 aliphatic carbocycles. The lowest BCUT2D eigenvalue weighted by Gasteiger charge is -2.24. The maximum absolute atomic E-state index is 13.2. The van der Waals surface area contributed by atoms with E-state index in [0.717, 1.165) is 24.9 Å². The summed E-state index contributed by atoms with van der Waals surface area (Å²) in [6.07, 6.45) is 4.66. The van der Waals surface area contributed by atoms with Crippen LogP contribution in [0.1, 0.15) is 78.0 Å². The molecule has 238 valence electrons. The number of nitrogens with two attached hydrogens (primary N) is 1. The Morgan fingerprint density at radius 1 is 0.837 bits per heavy atom. The van der Waals surface area contributed by atoms with Crippen LogP contribution in [0.25, 0.3) is 5.69 Å². The van der Waals surface area contributed by atoms with Crippen LogP contribution in [0.15, 0.2) is 30.3 Å². The van der Waals surface area contributed by atoms with Gasteiger partial charge in [-0.1, -0.05) is 39.0 Å². The molecule has 2 aromatic rings. The Morgan fingerprint density at radius 2 is 1.47 bits per heavy atom. The number of rotatable bonds is 22. The fourth-order valence-electron chi connectivity index (χ4n) is 4.60. The van der Waals surface area contributed by atoms with Gasteiger partial charge >= 0.3 is 0 Å². The van der Waals surface area contributed by atoms with Crippen LogP contribution in [0.4, 0.5) is 0 Å². The molecule has 1 aromatic carbocycles. The third kappa shape index (κ3) is 13.3. The van der Waals surface area contributed by atoms with Gasteiger partial charge in [0.2, 0.25) is 29.5 Å². The van der Waals surface area contributed by atoms with Crippen molar-refractivity contribution < 1.29 is 23.9 Å². The molecule has 0 bridgehead atoms. The summed E-state index contributed by atoms with van der Waals surface area (Å²) in [5.41, 5.74) is 6.37. The number of ether oxygens (including phenoxy) is 1. The van der Waals surface area contributed by atoms with E-state index in [1.165, 1.54) is 4.80 Å². The van der Waals surface area contributed by atoms with Crippen LogP contribution >= 0.6 is 0 Å². The van der Waals surface area contributed by atoms with E-state index in [1.807, 2.05) is 51.1 Å². The third-order valence-electron chi connectivity index (χ3n) is 7.28. The summed E-state index contributed by atoms with van der Waals surface area (Å²) in [5, 5.41) is 21.0. The van der Waals surface area contributed by atoms with Crippen LogP contribution in [0.3, 0.4) is 0 Å². The Bertz CT molecular complexity index is 1130. The average molecular weight is 601 g/mol. The van der Waals surface area contributed by atoms with Gasteiger partial charge in [0.1, 0.15) is 6.61 Å². The van der Waals surface area contributed by atoms with Gasteiger partial charge in [0.15, 0.2) is 0 Å². The number of aromatic nitrogens is 4. The van der Waals surface area contributed by atoms with Crippen molar-refractivity contribution >= 4 is 23.6 Å². The standard InChI is InChI=1S/C30H48N8O5/c1-4-22(28(31)40)19-24(20-23(5-2)29(41)33-16-12-8-11-15-32-27(39)6-3)30(42)34-17-18-43-21-26-35-37-38(36-26)25-13-9-7-10-14-25/h7,9-10,13-14,22-24H,4-6,8,11-12,15-21H2,1-3H3,(H2,31,40)(H,32,39)(H,33,41)(H,34,42). The van der Waals surface area contributed by atoms with E-state index in [-0.39, 0.29) is 49.8 Å². The van der Waals surface area contributed by atoms with Crippen LogP contribution in [-0.2, 0) is 30.5 Å². The molecule has 3 atom stereocenters. The zero-order valence-corrected chi connectivity index (χ0v) is 25.7. The highest BCUT2D eigenvalue weighted by Gasteiger charge is 2.29. The van der Waals surface area contributed by atoms with Crippen LogP contribution < -0.4 is 21.7 Å². The van der Waals surface area contributed by atoms with Crippen LogP contribution in [0, 0.1) is 17.8 Å². The monoisotopic (exact) mass is 600 g/mol. The number of carbonyl (C=O) groups excluding carboxylic acids is 4. The van der Waals surface area contributed by atoms with Crippen LogP contribution in [0.2, 0.25) is 0 Å². The molecule has 13 heteroatoms. The first-order valence-electron chi connectivity index (χ1n) is 15.3. The zero-order chi connectivity index (χ0) is 31.5. The van der Waals surface area contributed by atoms with Gasteiger partial charge in [0, 0.05) is 43.8 Å². The highest BCUT2D eigenvalue weighted by atomic mass is 16.5. The first-order valence-corrected chi connectivity index (χ1v) is 15.3. The zero-order valence-electron chi connectivity index (χ0n) is 25.7. The van der Waals surface area contributed by atoms with E-state index in [4.69, 9.17) is 10.5 Å². The number of hydrogen-bond acceptors (Lipinski definition) is 8. The van der Waals surface area contributed by atoms with Gasteiger partial charge in [-0.05, 0) is 62.3 Å². The number of tetrazole rings is 1. The summed E-state index contributed by atoms with van der Waals surface area (Å²) < 4.78 is 5.62. The molecule has 3 unspecified atom stereocenters. The Morgan fingerprint density at radius 3 is 2.12 bits per heavy atom. The van der Waals surface area contributed by atoms with Gasteiger partial charge in [-0.25, -0.2) is 0 Å². The van der Waals surface area contributed by atoms with Crippen LogP contribution in [-0.4, -0.2) is 70.1 Å². The van der Waals surface area contributed by atoms with Crippen molar-refractivity contribution in [2.24, 2.45) is 23.5 Å². The molecule has 0 saturated heterocycles. The van der Waals surface area contributed by atoms with Crippen molar-refractivity contribution in [2.75, 3.05) is 26.2 Å². The summed E-state index contributed by atoms with van der Waals surface area (Å²) in [4.78, 5) is 50.8. The quantitative estimate of drug-likeness (QED) is 0.148. The molecule has 13 nitrogen and oxygen atoms in total. The van der Waals surface area contributed by atoms with Crippen molar-refractivity contribution in [1.82, 2.24) is 36.2 Å². The topological polar surface area (TPSA) is 183 Å². The molecule has 5 N–H and O–H groups in total. The van der Waals surface area contributed by atoms with Crippen LogP contribution in [0.5, 0.6) is 0 Å². The SMILES string of the molecule is CCC(=O)NCCCCCNC(=O)C(CC)CC(CC(CC)C(N)=O)C(=O)NCCOCc1nnn(-c2ccccc2)n1. The molecule has 0 fully saturated rings. The van der Waals surface area contributed by atoms with Gasteiger partial charge in [-0.3, -0.25) is 19.2 Å². The first kappa shape index (κ1) is 35.3. The molecule has 2 rings (SSSR count). The summed E-state index contributed by atoms with van der Waals surface area (Å²) in [7, 11) is 0. The van der Waals surface area contributed by atoms with E-state index >= 15 is 0 Å². The second kappa shape index (κ2) is 20.1.